The molecule has 0 aliphatic rings. The fourth-order valence-electron chi connectivity index (χ4n) is 4.34. The number of anilines is 3. The van der Waals surface area contributed by atoms with Crippen LogP contribution in [0.1, 0.15) is 54.8 Å². The van der Waals surface area contributed by atoms with E-state index >= 15 is 0 Å². The number of amides is 1. The highest BCUT2D eigenvalue weighted by Crippen LogP contribution is 2.37. The number of nitriles is 2. The molecule has 0 spiro atoms. The van der Waals surface area contributed by atoms with E-state index < -0.39 is 21.2 Å². The molecule has 13 heteroatoms. The molecular weight excluding hydrogens is 597 g/mol. The molecule has 0 radical (unpaired) electrons. The van der Waals surface area contributed by atoms with Crippen molar-refractivity contribution in [1.82, 2.24) is 15.0 Å². The molecule has 0 saturated heterocycles. The number of nitrogens with two attached hydrogens (primary N) is 1. The Morgan fingerprint density at radius 3 is 2.05 bits per heavy atom. The van der Waals surface area contributed by atoms with Crippen molar-refractivity contribution < 1.29 is 13.2 Å². The van der Waals surface area contributed by atoms with E-state index in [1.54, 1.807) is 26.8 Å². The van der Waals surface area contributed by atoms with Crippen molar-refractivity contribution in [3.63, 3.8) is 0 Å². The van der Waals surface area contributed by atoms with Crippen molar-refractivity contribution in [3.05, 3.63) is 82.7 Å². The van der Waals surface area contributed by atoms with Gasteiger partial charge in [0.15, 0.2) is 0 Å². The highest BCUT2D eigenvalue weighted by Gasteiger charge is 2.24. The predicted octanol–water partition coefficient (Wildman–Crippen LogP) is 5.52. The van der Waals surface area contributed by atoms with Crippen molar-refractivity contribution in [2.45, 2.75) is 55.7 Å². The van der Waals surface area contributed by atoms with E-state index in [0.29, 0.717) is 34.1 Å². The molecule has 4 N–H and O–H groups in total. The molecule has 1 atom stereocenters. The number of nitrogen functional groups attached to an aromatic ring is 1. The summed E-state index contributed by atoms with van der Waals surface area (Å²) in [4.78, 5) is 25.6. The Balaban J connectivity index is 1.53. The zero-order chi connectivity index (χ0) is 32.2. The Morgan fingerprint density at radius 2 is 1.50 bits per heavy atom. The van der Waals surface area contributed by atoms with Gasteiger partial charge in [-0.05, 0) is 68.1 Å². The molecule has 1 amide bonds. The van der Waals surface area contributed by atoms with Crippen molar-refractivity contribution in [2.24, 2.45) is 0 Å². The van der Waals surface area contributed by atoms with Crippen LogP contribution in [0.15, 0.2) is 64.5 Å². The smallest absolute Gasteiger partial charge is 0.264 e. The number of carbonyl (C=O) groups is 1. The Bertz CT molecular complexity index is 1890. The summed E-state index contributed by atoms with van der Waals surface area (Å²) in [5.74, 6) is -0.182. The summed E-state index contributed by atoms with van der Waals surface area (Å²) in [7, 11) is -3.97. The lowest BCUT2D eigenvalue weighted by atomic mass is 9.94. The highest BCUT2D eigenvalue weighted by molar-refractivity contribution is 8.00. The van der Waals surface area contributed by atoms with Crippen LogP contribution in [0.3, 0.4) is 0 Å². The molecule has 0 saturated carbocycles. The number of thioether (sulfide) groups is 1. The van der Waals surface area contributed by atoms with Gasteiger partial charge in [0.2, 0.25) is 11.9 Å². The fourth-order valence-corrected chi connectivity index (χ4v) is 6.20. The van der Waals surface area contributed by atoms with Gasteiger partial charge in [-0.15, -0.1) is 0 Å². The fraction of sp³-hybridized carbons (Fsp3) is 0.226. The van der Waals surface area contributed by atoms with Crippen molar-refractivity contribution in [3.8, 4) is 23.3 Å². The molecule has 0 aliphatic heterocycles. The molecule has 4 aromatic rings. The van der Waals surface area contributed by atoms with Crippen LogP contribution in [-0.2, 0) is 14.8 Å². The van der Waals surface area contributed by atoms with Crippen molar-refractivity contribution in [2.75, 3.05) is 15.8 Å². The first-order valence-corrected chi connectivity index (χ1v) is 15.9. The number of nitrogens with one attached hydrogen (secondary N) is 2. The first-order chi connectivity index (χ1) is 20.8. The third kappa shape index (κ3) is 7.14. The lowest BCUT2D eigenvalue weighted by Gasteiger charge is -2.16. The number of hydrogen-bond acceptors (Lipinski definition) is 10. The molecule has 2 heterocycles. The summed E-state index contributed by atoms with van der Waals surface area (Å²) in [5, 5.41) is 22.1. The van der Waals surface area contributed by atoms with Crippen LogP contribution in [0.5, 0.6) is 0 Å². The molecular formula is C31H30N8O3S2. The summed E-state index contributed by atoms with van der Waals surface area (Å²) >= 11 is 1.03. The summed E-state index contributed by atoms with van der Waals surface area (Å²) < 4.78 is 28.0. The minimum absolute atomic E-state index is 0.0322. The Morgan fingerprint density at radius 1 is 0.909 bits per heavy atom. The van der Waals surface area contributed by atoms with Crippen LogP contribution in [0.4, 0.5) is 17.5 Å². The number of sulfonamides is 1. The summed E-state index contributed by atoms with van der Waals surface area (Å²) in [6, 6.07) is 19.1. The van der Waals surface area contributed by atoms with Crippen LogP contribution >= 0.6 is 11.8 Å². The van der Waals surface area contributed by atoms with Crippen molar-refractivity contribution in [1.29, 1.82) is 10.5 Å². The van der Waals surface area contributed by atoms with Crippen LogP contribution in [0.25, 0.3) is 11.1 Å². The van der Waals surface area contributed by atoms with E-state index in [1.807, 2.05) is 24.3 Å². The highest BCUT2D eigenvalue weighted by atomic mass is 32.2. The maximum Gasteiger partial charge on any atom is 0.264 e. The first kappa shape index (κ1) is 31.9. The van der Waals surface area contributed by atoms with Gasteiger partial charge in [0.05, 0.1) is 15.7 Å². The van der Waals surface area contributed by atoms with Gasteiger partial charge in [-0.25, -0.2) is 28.1 Å². The van der Waals surface area contributed by atoms with Crippen LogP contribution in [0.2, 0.25) is 0 Å². The normalized spacial score (nSPS) is 11.8. The lowest BCUT2D eigenvalue weighted by molar-refractivity contribution is -0.115. The molecule has 4 rings (SSSR count). The Hall–Kier alpha value is -4.98. The maximum absolute atomic E-state index is 13.1. The second-order valence-corrected chi connectivity index (χ2v) is 13.3. The van der Waals surface area contributed by atoms with Gasteiger partial charge in [-0.3, -0.25) is 4.79 Å². The average Bonchev–Trinajstić information content (AvgIpc) is 2.96. The predicted molar refractivity (Wildman–Crippen MR) is 170 cm³/mol. The number of hydrogen-bond donors (Lipinski definition) is 3. The number of benzene rings is 2. The molecule has 0 fully saturated rings. The van der Waals surface area contributed by atoms with Crippen molar-refractivity contribution >= 4 is 45.1 Å². The standard InChI is InChI=1S/C31H30N8O3S2/c1-17(2)21-6-8-22(9-7-21)27-25(15-32)28(34)38-30(26(27)16-33)43-20(5)29(40)37-23-10-12-24(13-11-23)44(41,42)39-31-35-18(3)14-19(4)36-31/h6-14,17,20H,1-5H3,(H2,34,38)(H,37,40)(H,35,36,39). The quantitative estimate of drug-likeness (QED) is 0.199. The Labute approximate surface area is 260 Å². The SMILES string of the molecule is Cc1cc(C)nc(NS(=O)(=O)c2ccc(NC(=O)C(C)Sc3nc(N)c(C#N)c(-c4ccc(C(C)C)cc4)c3C#N)cc2)n1. The molecule has 0 aliphatic carbocycles. The van der Waals surface area contributed by atoms with Crippen LogP contribution in [0, 0.1) is 36.5 Å². The first-order valence-electron chi connectivity index (χ1n) is 13.5. The number of aromatic nitrogens is 3. The van der Waals surface area contributed by atoms with Crippen LogP contribution < -0.4 is 15.8 Å². The largest absolute Gasteiger partial charge is 0.383 e. The second kappa shape index (κ2) is 13.1. The molecule has 2 aromatic heterocycles. The monoisotopic (exact) mass is 626 g/mol. The van der Waals surface area contributed by atoms with Gasteiger partial charge in [-0.2, -0.15) is 10.5 Å². The Kier molecular flexibility index (Phi) is 9.53. The maximum atomic E-state index is 13.1. The molecule has 11 nitrogen and oxygen atoms in total. The molecule has 0 bridgehead atoms. The van der Waals surface area contributed by atoms with Gasteiger partial charge >= 0.3 is 0 Å². The average molecular weight is 627 g/mol. The van der Waals surface area contributed by atoms with E-state index in [1.165, 1.54) is 24.3 Å². The third-order valence-electron chi connectivity index (χ3n) is 6.58. The summed E-state index contributed by atoms with van der Waals surface area (Å²) in [6.45, 7) is 9.25. The zero-order valence-electron chi connectivity index (χ0n) is 24.7. The molecule has 44 heavy (non-hydrogen) atoms. The summed E-state index contributed by atoms with van der Waals surface area (Å²) in [6.07, 6.45) is 0. The molecule has 2 aromatic carbocycles. The van der Waals surface area contributed by atoms with E-state index in [9.17, 15) is 23.7 Å². The van der Waals surface area contributed by atoms with Gasteiger partial charge in [-0.1, -0.05) is 49.9 Å². The van der Waals surface area contributed by atoms with Gasteiger partial charge in [0.25, 0.3) is 10.0 Å². The zero-order valence-corrected chi connectivity index (χ0v) is 26.3. The van der Waals surface area contributed by atoms with Gasteiger partial charge in [0.1, 0.15) is 28.5 Å². The van der Waals surface area contributed by atoms with Gasteiger partial charge < -0.3 is 11.1 Å². The third-order valence-corrected chi connectivity index (χ3v) is 9.01. The number of nitrogens with zero attached hydrogens (tertiary/aromatic N) is 5. The van der Waals surface area contributed by atoms with E-state index in [2.05, 4.69) is 51.0 Å². The number of aryl methyl sites for hydroxylation is 2. The van der Waals surface area contributed by atoms with E-state index in [0.717, 1.165) is 17.3 Å². The van der Waals surface area contributed by atoms with E-state index in [4.69, 9.17) is 5.73 Å². The second-order valence-electron chi connectivity index (χ2n) is 10.3. The molecule has 224 valence electrons. The number of carbonyl (C=O) groups excluding carboxylic acids is 1. The minimum Gasteiger partial charge on any atom is -0.383 e. The molecule has 1 unspecified atom stereocenters. The number of rotatable bonds is 9. The lowest BCUT2D eigenvalue weighted by Crippen LogP contribution is -2.23. The van der Waals surface area contributed by atoms with E-state index in [-0.39, 0.29) is 32.8 Å². The topological polar surface area (TPSA) is 188 Å². The van der Waals surface area contributed by atoms with Crippen LogP contribution in [-0.4, -0.2) is 34.5 Å². The number of pyridine rings is 1. The minimum atomic E-state index is -3.97. The van der Waals surface area contributed by atoms with Gasteiger partial charge in [0, 0.05) is 22.6 Å². The summed E-state index contributed by atoms with van der Waals surface area (Å²) in [5.41, 5.74) is 10.1.